The van der Waals surface area contributed by atoms with Crippen LogP contribution in [0.2, 0.25) is 0 Å². The number of benzene rings is 1. The lowest BCUT2D eigenvalue weighted by atomic mass is 10.0. The molecule has 0 aliphatic carbocycles. The molecule has 0 atom stereocenters. The molecule has 0 saturated carbocycles. The summed E-state index contributed by atoms with van der Waals surface area (Å²) in [5.41, 5.74) is 2.11. The summed E-state index contributed by atoms with van der Waals surface area (Å²) in [4.78, 5) is 10.8. The summed E-state index contributed by atoms with van der Waals surface area (Å²) in [7, 11) is 0. The van der Waals surface area contributed by atoms with Crippen LogP contribution in [0.3, 0.4) is 0 Å². The van der Waals surface area contributed by atoms with Gasteiger partial charge in [-0.3, -0.25) is 0 Å². The second kappa shape index (κ2) is 4.25. The van der Waals surface area contributed by atoms with Gasteiger partial charge in [0.25, 0.3) is 0 Å². The molecule has 14 heavy (non-hydrogen) atoms. The molecule has 0 saturated heterocycles. The van der Waals surface area contributed by atoms with Crippen LogP contribution in [0.25, 0.3) is 0 Å². The summed E-state index contributed by atoms with van der Waals surface area (Å²) >= 11 is 3.25. The molecule has 1 N–H and O–H groups in total. The Morgan fingerprint density at radius 2 is 2.29 bits per heavy atom. The monoisotopic (exact) mass is 253 g/mol. The van der Waals surface area contributed by atoms with Gasteiger partial charge in [0, 0.05) is 5.33 Å². The van der Waals surface area contributed by atoms with E-state index in [4.69, 9.17) is 10.4 Å². The molecule has 0 aliphatic rings. The average molecular weight is 254 g/mol. The topological polar surface area (TPSA) is 61.1 Å². The van der Waals surface area contributed by atoms with E-state index >= 15 is 0 Å². The summed E-state index contributed by atoms with van der Waals surface area (Å²) in [5, 5.41) is 18.1. The summed E-state index contributed by atoms with van der Waals surface area (Å²) in [5.74, 6) is -0.998. The number of nitriles is 1. The molecule has 1 aromatic carbocycles. The van der Waals surface area contributed by atoms with Crippen LogP contribution in [0.1, 0.15) is 27.0 Å². The Hall–Kier alpha value is -1.34. The molecule has 0 aromatic heterocycles. The average Bonchev–Trinajstić information content (AvgIpc) is 2.17. The number of carbonyl (C=O) groups is 1. The van der Waals surface area contributed by atoms with E-state index in [9.17, 15) is 4.79 Å². The number of carboxylic acids is 1. The highest BCUT2D eigenvalue weighted by atomic mass is 79.9. The van der Waals surface area contributed by atoms with Crippen LogP contribution < -0.4 is 0 Å². The zero-order chi connectivity index (χ0) is 10.7. The third-order valence-corrected chi connectivity index (χ3v) is 2.62. The summed E-state index contributed by atoms with van der Waals surface area (Å²) < 4.78 is 0. The number of nitrogens with zero attached hydrogens (tertiary/aromatic N) is 1. The van der Waals surface area contributed by atoms with E-state index in [2.05, 4.69) is 15.9 Å². The minimum atomic E-state index is -0.998. The number of aromatic carboxylic acids is 1. The molecule has 0 spiro atoms. The molecule has 1 aromatic rings. The van der Waals surface area contributed by atoms with Crippen LogP contribution in [0.15, 0.2) is 12.1 Å². The second-order valence-corrected chi connectivity index (χ2v) is 3.42. The quantitative estimate of drug-likeness (QED) is 0.824. The third-order valence-electron chi connectivity index (χ3n) is 2.02. The highest BCUT2D eigenvalue weighted by molar-refractivity contribution is 9.08. The predicted molar refractivity (Wildman–Crippen MR) is 55.5 cm³/mol. The van der Waals surface area contributed by atoms with Gasteiger partial charge in [-0.1, -0.05) is 15.9 Å². The van der Waals surface area contributed by atoms with E-state index in [-0.39, 0.29) is 5.56 Å². The second-order valence-electron chi connectivity index (χ2n) is 2.86. The fourth-order valence-electron chi connectivity index (χ4n) is 1.20. The van der Waals surface area contributed by atoms with Gasteiger partial charge in [-0.05, 0) is 30.2 Å². The van der Waals surface area contributed by atoms with Crippen molar-refractivity contribution in [2.75, 3.05) is 0 Å². The maximum Gasteiger partial charge on any atom is 0.336 e. The van der Waals surface area contributed by atoms with Gasteiger partial charge in [0.2, 0.25) is 0 Å². The molecule has 0 bridgehead atoms. The number of hydrogen-bond donors (Lipinski definition) is 1. The standard InChI is InChI=1S/C10H8BrNO2/c1-6-8(4-11)2-7(5-12)3-9(6)10(13)14/h2-3H,4H2,1H3,(H,13,14). The Morgan fingerprint density at radius 1 is 1.64 bits per heavy atom. The highest BCUT2D eigenvalue weighted by Gasteiger charge is 2.11. The number of hydrogen-bond acceptors (Lipinski definition) is 2. The van der Waals surface area contributed by atoms with Crippen molar-refractivity contribution in [1.82, 2.24) is 0 Å². The normalized spacial score (nSPS) is 9.50. The molecular formula is C10H8BrNO2. The number of alkyl halides is 1. The maximum atomic E-state index is 10.8. The molecule has 72 valence electrons. The zero-order valence-corrected chi connectivity index (χ0v) is 9.13. The number of carboxylic acid groups (broad SMARTS) is 1. The first-order valence-corrected chi connectivity index (χ1v) is 5.05. The summed E-state index contributed by atoms with van der Waals surface area (Å²) in [6.45, 7) is 1.74. The largest absolute Gasteiger partial charge is 0.478 e. The van der Waals surface area contributed by atoms with E-state index in [1.54, 1.807) is 13.0 Å². The van der Waals surface area contributed by atoms with Crippen molar-refractivity contribution in [2.24, 2.45) is 0 Å². The fraction of sp³-hybridized carbons (Fsp3) is 0.200. The molecule has 0 fully saturated rings. The Balaban J connectivity index is 3.44. The molecule has 0 radical (unpaired) electrons. The first-order chi connectivity index (χ1) is 6.60. The molecule has 0 heterocycles. The molecule has 3 nitrogen and oxygen atoms in total. The van der Waals surface area contributed by atoms with E-state index < -0.39 is 5.97 Å². The minimum Gasteiger partial charge on any atom is -0.478 e. The van der Waals surface area contributed by atoms with Crippen molar-refractivity contribution in [3.05, 3.63) is 34.4 Å². The van der Waals surface area contributed by atoms with Crippen molar-refractivity contribution in [2.45, 2.75) is 12.3 Å². The first-order valence-electron chi connectivity index (χ1n) is 3.93. The fourth-order valence-corrected chi connectivity index (χ4v) is 1.78. The lowest BCUT2D eigenvalue weighted by Crippen LogP contribution is -2.03. The van der Waals surface area contributed by atoms with Gasteiger partial charge >= 0.3 is 5.97 Å². The SMILES string of the molecule is Cc1c(CBr)cc(C#N)cc1C(=O)O. The molecule has 4 heteroatoms. The molecule has 0 unspecified atom stereocenters. The minimum absolute atomic E-state index is 0.193. The Morgan fingerprint density at radius 3 is 2.71 bits per heavy atom. The van der Waals surface area contributed by atoms with Gasteiger partial charge in [-0.25, -0.2) is 4.79 Å². The lowest BCUT2D eigenvalue weighted by molar-refractivity contribution is 0.0696. The molecule has 0 aliphatic heterocycles. The Bertz CT molecular complexity index is 421. The Labute approximate surface area is 90.1 Å². The Kier molecular flexibility index (Phi) is 3.26. The van der Waals surface area contributed by atoms with Gasteiger partial charge in [-0.15, -0.1) is 0 Å². The van der Waals surface area contributed by atoms with E-state index in [0.29, 0.717) is 16.5 Å². The zero-order valence-electron chi connectivity index (χ0n) is 7.54. The maximum absolute atomic E-state index is 10.8. The van der Waals surface area contributed by atoms with Crippen molar-refractivity contribution in [3.63, 3.8) is 0 Å². The van der Waals surface area contributed by atoms with Crippen LogP contribution in [-0.2, 0) is 5.33 Å². The van der Waals surface area contributed by atoms with Crippen LogP contribution in [0, 0.1) is 18.3 Å². The molecule has 0 amide bonds. The van der Waals surface area contributed by atoms with E-state index in [0.717, 1.165) is 5.56 Å². The van der Waals surface area contributed by atoms with Crippen molar-refractivity contribution in [1.29, 1.82) is 5.26 Å². The van der Waals surface area contributed by atoms with Gasteiger partial charge in [0.05, 0.1) is 17.2 Å². The lowest BCUT2D eigenvalue weighted by Gasteiger charge is -2.06. The van der Waals surface area contributed by atoms with Gasteiger partial charge in [0.1, 0.15) is 0 Å². The van der Waals surface area contributed by atoms with Gasteiger partial charge < -0.3 is 5.11 Å². The summed E-state index contributed by atoms with van der Waals surface area (Å²) in [6.07, 6.45) is 0. The third kappa shape index (κ3) is 1.94. The molecular weight excluding hydrogens is 246 g/mol. The van der Waals surface area contributed by atoms with Crippen LogP contribution in [-0.4, -0.2) is 11.1 Å². The van der Waals surface area contributed by atoms with Crippen molar-refractivity contribution in [3.8, 4) is 6.07 Å². The van der Waals surface area contributed by atoms with E-state index in [1.807, 2.05) is 6.07 Å². The molecule has 1 rings (SSSR count). The van der Waals surface area contributed by atoms with Crippen molar-refractivity contribution < 1.29 is 9.90 Å². The smallest absolute Gasteiger partial charge is 0.336 e. The van der Waals surface area contributed by atoms with Gasteiger partial charge in [-0.2, -0.15) is 5.26 Å². The van der Waals surface area contributed by atoms with E-state index in [1.165, 1.54) is 6.07 Å². The van der Waals surface area contributed by atoms with Crippen molar-refractivity contribution >= 4 is 21.9 Å². The number of rotatable bonds is 2. The summed E-state index contributed by atoms with van der Waals surface area (Å²) in [6, 6.07) is 5.02. The van der Waals surface area contributed by atoms with Crippen LogP contribution in [0.4, 0.5) is 0 Å². The highest BCUT2D eigenvalue weighted by Crippen LogP contribution is 2.19. The van der Waals surface area contributed by atoms with Crippen LogP contribution in [0.5, 0.6) is 0 Å². The van der Waals surface area contributed by atoms with Gasteiger partial charge in [0.15, 0.2) is 0 Å². The van der Waals surface area contributed by atoms with Crippen LogP contribution >= 0.6 is 15.9 Å². The number of halogens is 1. The first kappa shape index (κ1) is 10.7. The predicted octanol–water partition coefficient (Wildman–Crippen LogP) is 2.46.